The molecule has 182 valence electrons. The number of phenols is 1. The van der Waals surface area contributed by atoms with E-state index < -0.39 is 6.04 Å². The van der Waals surface area contributed by atoms with E-state index in [4.69, 9.17) is 31.0 Å². The minimum atomic E-state index is -0.445. The number of aromatic nitrogens is 2. The molecule has 1 aliphatic rings. The average molecular weight is 495 g/mol. The van der Waals surface area contributed by atoms with Gasteiger partial charge in [0.25, 0.3) is 5.89 Å². The first-order chi connectivity index (χ1) is 16.9. The second-order valence-corrected chi connectivity index (χ2v) is 8.09. The largest absolute Gasteiger partial charge is 0.504 e. The Bertz CT molecular complexity index is 1300. The van der Waals surface area contributed by atoms with Crippen LogP contribution in [-0.2, 0) is 0 Å². The Hall–Kier alpha value is -4.05. The number of hydrogen-bond acceptors (Lipinski definition) is 8. The van der Waals surface area contributed by atoms with Crippen molar-refractivity contribution in [3.05, 3.63) is 66.2 Å². The lowest BCUT2D eigenvalue weighted by Gasteiger charge is -2.36. The van der Waals surface area contributed by atoms with E-state index in [1.807, 2.05) is 24.0 Å². The van der Waals surface area contributed by atoms with Gasteiger partial charge in [0.2, 0.25) is 5.82 Å². The van der Waals surface area contributed by atoms with Crippen molar-refractivity contribution < 1.29 is 23.8 Å². The summed E-state index contributed by atoms with van der Waals surface area (Å²) in [4.78, 5) is 6.58. The molecule has 2 aromatic carbocycles. The van der Waals surface area contributed by atoms with Crippen LogP contribution in [0.15, 0.2) is 59.3 Å². The Morgan fingerprint density at radius 2 is 1.83 bits per heavy atom. The van der Waals surface area contributed by atoms with Crippen LogP contribution in [0.2, 0.25) is 0 Å². The molecule has 1 unspecified atom stereocenters. The van der Waals surface area contributed by atoms with E-state index in [1.54, 1.807) is 44.6 Å². The normalized spacial score (nSPS) is 15.6. The zero-order valence-corrected chi connectivity index (χ0v) is 20.7. The van der Waals surface area contributed by atoms with E-state index >= 15 is 0 Å². The standard InChI is InChI=1S/C25H26N4O5S/c1-6-11-29-14(2)21(22(26-25(29)35)15-7-9-18(31-3)17(30)12-15)24-27-23(28-34-24)16-8-10-19(32-4)20(13-16)33-5/h6-10,12-13,22,30H,1,11H2,2-5H3,(H,26,35). The number of phenolic OH excluding ortho intramolecular Hbond substituents is 1. The molecule has 0 fully saturated rings. The molecular formula is C25H26N4O5S. The lowest BCUT2D eigenvalue weighted by Crippen LogP contribution is -2.45. The Labute approximate surface area is 208 Å². The highest BCUT2D eigenvalue weighted by Gasteiger charge is 2.34. The molecule has 9 nitrogen and oxygen atoms in total. The highest BCUT2D eigenvalue weighted by atomic mass is 32.1. The van der Waals surface area contributed by atoms with Crippen LogP contribution < -0.4 is 19.5 Å². The quantitative estimate of drug-likeness (QED) is 0.348. The van der Waals surface area contributed by atoms with Crippen molar-refractivity contribution in [2.75, 3.05) is 27.9 Å². The summed E-state index contributed by atoms with van der Waals surface area (Å²) in [5, 5.41) is 18.4. The van der Waals surface area contributed by atoms with Crippen LogP contribution in [0.3, 0.4) is 0 Å². The SMILES string of the molecule is C=CCN1C(=S)NC(c2ccc(OC)c(O)c2)C(c2nc(-c3ccc(OC)c(OC)c3)no2)=C1C. The summed E-state index contributed by atoms with van der Waals surface area (Å²) in [7, 11) is 4.64. The van der Waals surface area contributed by atoms with Crippen LogP contribution in [0.25, 0.3) is 17.0 Å². The molecule has 0 aliphatic carbocycles. The summed E-state index contributed by atoms with van der Waals surface area (Å²) in [6, 6.07) is 10.1. The number of methoxy groups -OCH3 is 3. The Balaban J connectivity index is 1.81. The monoisotopic (exact) mass is 494 g/mol. The van der Waals surface area contributed by atoms with Crippen LogP contribution >= 0.6 is 12.2 Å². The van der Waals surface area contributed by atoms with Crippen LogP contribution in [0.5, 0.6) is 23.0 Å². The van der Waals surface area contributed by atoms with Crippen LogP contribution in [-0.4, -0.2) is 53.1 Å². The highest BCUT2D eigenvalue weighted by Crippen LogP contribution is 2.40. The van der Waals surface area contributed by atoms with Crippen molar-refractivity contribution in [2.45, 2.75) is 13.0 Å². The van der Waals surface area contributed by atoms with Gasteiger partial charge in [0.15, 0.2) is 28.1 Å². The van der Waals surface area contributed by atoms with Gasteiger partial charge in [-0.25, -0.2) is 0 Å². The second-order valence-electron chi connectivity index (χ2n) is 7.71. The van der Waals surface area contributed by atoms with Crippen molar-refractivity contribution in [3.63, 3.8) is 0 Å². The fourth-order valence-electron chi connectivity index (χ4n) is 3.97. The molecule has 0 spiro atoms. The molecule has 1 aromatic heterocycles. The summed E-state index contributed by atoms with van der Waals surface area (Å²) < 4.78 is 21.6. The average Bonchev–Trinajstić information content (AvgIpc) is 3.35. The Morgan fingerprint density at radius 1 is 1.11 bits per heavy atom. The molecule has 1 atom stereocenters. The van der Waals surface area contributed by atoms with Gasteiger partial charge in [-0.3, -0.25) is 0 Å². The van der Waals surface area contributed by atoms with E-state index in [0.29, 0.717) is 46.2 Å². The number of nitrogens with zero attached hydrogens (tertiary/aromatic N) is 3. The maximum Gasteiger partial charge on any atom is 0.258 e. The first kappa shape index (κ1) is 24.1. The fraction of sp³-hybridized carbons (Fsp3) is 0.240. The van der Waals surface area contributed by atoms with Crippen molar-refractivity contribution in [2.24, 2.45) is 0 Å². The van der Waals surface area contributed by atoms with Gasteiger partial charge < -0.3 is 34.1 Å². The lowest BCUT2D eigenvalue weighted by atomic mass is 9.94. The van der Waals surface area contributed by atoms with E-state index in [9.17, 15) is 5.11 Å². The van der Waals surface area contributed by atoms with Gasteiger partial charge >= 0.3 is 0 Å². The van der Waals surface area contributed by atoms with E-state index in [0.717, 1.165) is 16.8 Å². The molecule has 1 aliphatic heterocycles. The molecule has 10 heteroatoms. The molecular weight excluding hydrogens is 468 g/mol. The van der Waals surface area contributed by atoms with Crippen molar-refractivity contribution in [1.29, 1.82) is 0 Å². The molecule has 4 rings (SSSR count). The lowest BCUT2D eigenvalue weighted by molar-refractivity contribution is 0.355. The molecule has 0 radical (unpaired) electrons. The fourth-order valence-corrected chi connectivity index (χ4v) is 4.30. The minimum absolute atomic E-state index is 0.0137. The van der Waals surface area contributed by atoms with Crippen molar-refractivity contribution in [1.82, 2.24) is 20.4 Å². The minimum Gasteiger partial charge on any atom is -0.504 e. The van der Waals surface area contributed by atoms with Crippen LogP contribution in [0, 0.1) is 0 Å². The van der Waals surface area contributed by atoms with Gasteiger partial charge in [-0.15, -0.1) is 6.58 Å². The summed E-state index contributed by atoms with van der Waals surface area (Å²) in [5.41, 5.74) is 3.02. The third-order valence-corrected chi connectivity index (χ3v) is 6.08. The Morgan fingerprint density at radius 3 is 2.49 bits per heavy atom. The molecule has 35 heavy (non-hydrogen) atoms. The summed E-state index contributed by atoms with van der Waals surface area (Å²) in [6.45, 7) is 6.26. The van der Waals surface area contributed by atoms with E-state index in [1.165, 1.54) is 7.11 Å². The smallest absolute Gasteiger partial charge is 0.258 e. The van der Waals surface area contributed by atoms with Gasteiger partial charge in [-0.1, -0.05) is 17.3 Å². The van der Waals surface area contributed by atoms with Crippen LogP contribution in [0.4, 0.5) is 0 Å². The maximum absolute atomic E-state index is 10.4. The number of rotatable bonds is 8. The molecule has 0 bridgehead atoms. The first-order valence-corrected chi connectivity index (χ1v) is 11.2. The number of ether oxygens (including phenoxy) is 3. The molecule has 3 aromatic rings. The van der Waals surface area contributed by atoms with Crippen molar-refractivity contribution >= 4 is 22.9 Å². The van der Waals surface area contributed by atoms with E-state index in [2.05, 4.69) is 22.0 Å². The van der Waals surface area contributed by atoms with Gasteiger partial charge in [-0.05, 0) is 55.0 Å². The van der Waals surface area contributed by atoms with E-state index in [-0.39, 0.29) is 5.75 Å². The first-order valence-electron chi connectivity index (χ1n) is 10.7. The second kappa shape index (κ2) is 10.1. The summed E-state index contributed by atoms with van der Waals surface area (Å²) in [5.74, 6) is 2.25. The third-order valence-electron chi connectivity index (χ3n) is 5.74. The molecule has 2 N–H and O–H groups in total. The third kappa shape index (κ3) is 4.52. The number of nitrogens with one attached hydrogen (secondary N) is 1. The number of aromatic hydroxyl groups is 1. The maximum atomic E-state index is 10.4. The summed E-state index contributed by atoms with van der Waals surface area (Å²) in [6.07, 6.45) is 1.76. The predicted octanol–water partition coefficient (Wildman–Crippen LogP) is 4.32. The number of hydrogen-bond donors (Lipinski definition) is 2. The summed E-state index contributed by atoms with van der Waals surface area (Å²) >= 11 is 5.62. The predicted molar refractivity (Wildman–Crippen MR) is 135 cm³/mol. The zero-order valence-electron chi connectivity index (χ0n) is 19.9. The number of thiocarbonyl (C=S) groups is 1. The number of benzene rings is 2. The van der Waals surface area contributed by atoms with Crippen LogP contribution in [0.1, 0.15) is 24.4 Å². The highest BCUT2D eigenvalue weighted by molar-refractivity contribution is 7.80. The van der Waals surface area contributed by atoms with Gasteiger partial charge in [0.05, 0.1) is 32.9 Å². The molecule has 2 heterocycles. The molecule has 0 saturated carbocycles. The zero-order chi connectivity index (χ0) is 25.1. The molecule has 0 saturated heterocycles. The Kier molecular flexibility index (Phi) is 6.92. The molecule has 0 amide bonds. The van der Waals surface area contributed by atoms with Crippen molar-refractivity contribution in [3.8, 4) is 34.4 Å². The number of allylic oxidation sites excluding steroid dienone is 1. The van der Waals surface area contributed by atoms with Gasteiger partial charge in [0.1, 0.15) is 0 Å². The topological polar surface area (TPSA) is 102 Å². The van der Waals surface area contributed by atoms with Gasteiger partial charge in [-0.2, -0.15) is 4.98 Å². The van der Waals surface area contributed by atoms with Gasteiger partial charge in [0, 0.05) is 17.8 Å².